The first-order valence-corrected chi connectivity index (χ1v) is 4.91. The quantitative estimate of drug-likeness (QED) is 0.757. The summed E-state index contributed by atoms with van der Waals surface area (Å²) in [6.45, 7) is 0. The van der Waals surface area contributed by atoms with E-state index in [1.165, 1.54) is 0 Å². The molecule has 0 atom stereocenters. The van der Waals surface area contributed by atoms with Crippen molar-refractivity contribution in [2.45, 2.75) is 6.42 Å². The van der Waals surface area contributed by atoms with Crippen molar-refractivity contribution in [1.82, 2.24) is 9.97 Å². The molecule has 2 aromatic rings. The second kappa shape index (κ2) is 4.24. The summed E-state index contributed by atoms with van der Waals surface area (Å²) in [5.74, 6) is 0.828. The summed E-state index contributed by atoms with van der Waals surface area (Å²) in [5.41, 5.74) is 0.991. The van der Waals surface area contributed by atoms with Crippen molar-refractivity contribution < 1.29 is 0 Å². The molecule has 0 unspecified atom stereocenters. The lowest BCUT2D eigenvalue weighted by molar-refractivity contribution is 1.02. The van der Waals surface area contributed by atoms with Gasteiger partial charge in [0.15, 0.2) is 0 Å². The second-order valence-electron chi connectivity index (χ2n) is 2.93. The first kappa shape index (κ1) is 9.21. The molecule has 0 radical (unpaired) electrons. The van der Waals surface area contributed by atoms with Gasteiger partial charge in [0, 0.05) is 18.0 Å². The van der Waals surface area contributed by atoms with Gasteiger partial charge in [-0.3, -0.25) is 0 Å². The summed E-state index contributed by atoms with van der Waals surface area (Å²) in [5, 5.41) is 2.78. The van der Waals surface area contributed by atoms with Gasteiger partial charge >= 0.3 is 0 Å². The molecule has 0 spiro atoms. The molecule has 0 bridgehead atoms. The summed E-state index contributed by atoms with van der Waals surface area (Å²) in [6, 6.07) is 7.96. The molecule has 0 aliphatic rings. The van der Waals surface area contributed by atoms with Crippen LogP contribution in [0.3, 0.4) is 0 Å². The average Bonchev–Trinajstić information content (AvgIpc) is 2.26. The van der Waals surface area contributed by atoms with Crippen molar-refractivity contribution in [3.63, 3.8) is 0 Å². The minimum Gasteiger partial charge on any atom is -0.240 e. The van der Waals surface area contributed by atoms with Crippen molar-refractivity contribution in [3.8, 4) is 0 Å². The van der Waals surface area contributed by atoms with Crippen LogP contribution in [-0.4, -0.2) is 9.97 Å². The maximum absolute atomic E-state index is 4.42. The molecule has 0 amide bonds. The topological polar surface area (TPSA) is 25.8 Å². The fourth-order valence-corrected chi connectivity index (χ4v) is 1.37. The van der Waals surface area contributed by atoms with Crippen molar-refractivity contribution in [3.05, 3.63) is 47.8 Å². The van der Waals surface area contributed by atoms with E-state index in [1.807, 2.05) is 36.5 Å². The van der Waals surface area contributed by atoms with E-state index in [4.69, 9.17) is 0 Å². The van der Waals surface area contributed by atoms with Gasteiger partial charge in [-0.1, -0.05) is 24.3 Å². The molecule has 0 N–H and O–H groups in total. The van der Waals surface area contributed by atoms with Crippen LogP contribution in [0.15, 0.2) is 41.9 Å². The first-order chi connectivity index (χ1) is 6.90. The zero-order valence-corrected chi connectivity index (χ0v) is 8.48. The number of nitrogens with zero attached hydrogens (tertiary/aromatic N) is 2. The monoisotopic (exact) mass is 202 g/mol. The van der Waals surface area contributed by atoms with E-state index in [2.05, 4.69) is 22.6 Å². The van der Waals surface area contributed by atoms with E-state index >= 15 is 0 Å². The number of benzene rings is 1. The normalized spacial score (nSPS) is 11.2. The van der Waals surface area contributed by atoms with Gasteiger partial charge in [0.05, 0.1) is 5.52 Å². The largest absolute Gasteiger partial charge is 0.240 e. The highest BCUT2D eigenvalue weighted by molar-refractivity contribution is 7.83. The fourth-order valence-electron chi connectivity index (χ4n) is 1.27. The van der Waals surface area contributed by atoms with Crippen molar-refractivity contribution in [2.75, 3.05) is 0 Å². The fraction of sp³-hybridized carbons (Fsp3) is 0.0909. The molecule has 0 fully saturated rings. The molecule has 0 aliphatic carbocycles. The van der Waals surface area contributed by atoms with Gasteiger partial charge in [-0.2, -0.15) is 12.6 Å². The summed E-state index contributed by atoms with van der Waals surface area (Å²) in [4.78, 5) is 8.66. The van der Waals surface area contributed by atoms with Gasteiger partial charge < -0.3 is 0 Å². The predicted molar refractivity (Wildman–Crippen MR) is 61.4 cm³/mol. The minimum atomic E-state index is 0.730. The third-order valence-electron chi connectivity index (χ3n) is 1.94. The summed E-state index contributed by atoms with van der Waals surface area (Å²) in [6.07, 6.45) is 4.51. The van der Waals surface area contributed by atoms with Gasteiger partial charge in [-0.15, -0.1) is 0 Å². The molecule has 70 valence electrons. The molecular weight excluding hydrogens is 192 g/mol. The molecule has 1 aromatic carbocycles. The zero-order chi connectivity index (χ0) is 9.80. The highest BCUT2D eigenvalue weighted by Crippen LogP contribution is 2.09. The number of fused-ring (bicyclic) bond motifs is 1. The van der Waals surface area contributed by atoms with E-state index in [1.54, 1.807) is 5.41 Å². The van der Waals surface area contributed by atoms with Crippen LogP contribution < -0.4 is 0 Å². The van der Waals surface area contributed by atoms with Crippen molar-refractivity contribution in [2.24, 2.45) is 0 Å². The number of thiol groups is 1. The maximum atomic E-state index is 4.42. The molecule has 1 heterocycles. The Morgan fingerprint density at radius 2 is 2.14 bits per heavy atom. The SMILES string of the molecule is SC=CCc1ncc2ccccc2n1. The first-order valence-electron chi connectivity index (χ1n) is 4.40. The smallest absolute Gasteiger partial charge is 0.132 e. The second-order valence-corrected chi connectivity index (χ2v) is 3.23. The van der Waals surface area contributed by atoms with Crippen LogP contribution >= 0.6 is 12.6 Å². The Morgan fingerprint density at radius 3 is 3.00 bits per heavy atom. The molecule has 2 rings (SSSR count). The van der Waals surface area contributed by atoms with Gasteiger partial charge in [-0.05, 0) is 11.5 Å². The number of aromatic nitrogens is 2. The maximum Gasteiger partial charge on any atom is 0.132 e. The standard InChI is InChI=1S/C11H10N2S/c14-7-3-6-11-12-8-9-4-1-2-5-10(9)13-11/h1-5,7-8,14H,6H2. The summed E-state index contributed by atoms with van der Waals surface area (Å²) >= 11 is 3.99. The third-order valence-corrected chi connectivity index (χ3v) is 2.16. The van der Waals surface area contributed by atoms with Gasteiger partial charge in [-0.25, -0.2) is 9.97 Å². The van der Waals surface area contributed by atoms with E-state index in [9.17, 15) is 0 Å². The van der Waals surface area contributed by atoms with Gasteiger partial charge in [0.25, 0.3) is 0 Å². The predicted octanol–water partition coefficient (Wildman–Crippen LogP) is 2.62. The highest BCUT2D eigenvalue weighted by Gasteiger charge is 1.96. The third kappa shape index (κ3) is 1.93. The Bertz CT molecular complexity index is 466. The van der Waals surface area contributed by atoms with Gasteiger partial charge in [0.2, 0.25) is 0 Å². The highest BCUT2D eigenvalue weighted by atomic mass is 32.1. The zero-order valence-electron chi connectivity index (χ0n) is 7.59. The number of allylic oxidation sites excluding steroid dienone is 1. The van der Waals surface area contributed by atoms with Crippen LogP contribution in [0.25, 0.3) is 10.9 Å². The molecule has 0 saturated heterocycles. The van der Waals surface area contributed by atoms with E-state index in [-0.39, 0.29) is 0 Å². The van der Waals surface area contributed by atoms with Gasteiger partial charge in [0.1, 0.15) is 5.82 Å². The Labute approximate surface area is 88.1 Å². The van der Waals surface area contributed by atoms with Crippen molar-refractivity contribution in [1.29, 1.82) is 0 Å². The van der Waals surface area contributed by atoms with E-state index in [0.29, 0.717) is 0 Å². The number of hydrogen-bond acceptors (Lipinski definition) is 3. The lowest BCUT2D eigenvalue weighted by Gasteiger charge is -1.98. The van der Waals surface area contributed by atoms with Crippen LogP contribution in [0.2, 0.25) is 0 Å². The molecule has 14 heavy (non-hydrogen) atoms. The Hall–Kier alpha value is -1.35. The average molecular weight is 202 g/mol. The van der Waals surface area contributed by atoms with Crippen LogP contribution in [0, 0.1) is 0 Å². The lowest BCUT2D eigenvalue weighted by Crippen LogP contribution is -1.92. The molecule has 2 nitrogen and oxygen atoms in total. The lowest BCUT2D eigenvalue weighted by atomic mass is 10.2. The number of hydrogen-bond donors (Lipinski definition) is 1. The summed E-state index contributed by atoms with van der Waals surface area (Å²) < 4.78 is 0. The van der Waals surface area contributed by atoms with Crippen LogP contribution in [-0.2, 0) is 6.42 Å². The van der Waals surface area contributed by atoms with E-state index < -0.39 is 0 Å². The Morgan fingerprint density at radius 1 is 1.29 bits per heavy atom. The molecular formula is C11H10N2S. The van der Waals surface area contributed by atoms with E-state index in [0.717, 1.165) is 23.1 Å². The Kier molecular flexibility index (Phi) is 2.79. The molecule has 0 aliphatic heterocycles. The number of para-hydroxylation sites is 1. The molecule has 1 aromatic heterocycles. The molecule has 3 heteroatoms. The van der Waals surface area contributed by atoms with Crippen LogP contribution in [0.5, 0.6) is 0 Å². The number of rotatable bonds is 2. The minimum absolute atomic E-state index is 0.730. The van der Waals surface area contributed by atoms with Crippen LogP contribution in [0.1, 0.15) is 5.82 Å². The van der Waals surface area contributed by atoms with Crippen molar-refractivity contribution >= 4 is 23.5 Å². The molecule has 0 saturated carbocycles. The van der Waals surface area contributed by atoms with Crippen LogP contribution in [0.4, 0.5) is 0 Å². The Balaban J connectivity index is 2.41. The summed E-state index contributed by atoms with van der Waals surface area (Å²) in [7, 11) is 0.